The molecule has 41 heavy (non-hydrogen) atoms. The molecule has 8 rings (SSSR count). The van der Waals surface area contributed by atoms with Gasteiger partial charge in [0.05, 0.1) is 51.5 Å². The highest BCUT2D eigenvalue weighted by molar-refractivity contribution is 6.06. The van der Waals surface area contributed by atoms with Crippen molar-refractivity contribution >= 4 is 56.8 Å². The van der Waals surface area contributed by atoms with Crippen molar-refractivity contribution in [2.45, 2.75) is 6.92 Å². The highest BCUT2D eigenvalue weighted by Crippen LogP contribution is 2.54. The summed E-state index contributed by atoms with van der Waals surface area (Å²) in [5.41, 5.74) is 12.8. The van der Waals surface area contributed by atoms with E-state index in [1.807, 2.05) is 18.5 Å². The molecule has 2 aliphatic heterocycles. The molecular weight excluding hydrogens is 502 g/mol. The van der Waals surface area contributed by atoms with Crippen LogP contribution in [0.3, 0.4) is 0 Å². The monoisotopic (exact) mass is 531 g/mol. The second-order valence-electron chi connectivity index (χ2n) is 10.7. The van der Waals surface area contributed by atoms with Gasteiger partial charge in [0.15, 0.2) is 0 Å². The van der Waals surface area contributed by atoms with Crippen molar-refractivity contribution < 1.29 is 0 Å². The molecule has 0 N–H and O–H groups in total. The van der Waals surface area contributed by atoms with Gasteiger partial charge in [-0.2, -0.15) is 0 Å². The van der Waals surface area contributed by atoms with E-state index in [1.54, 1.807) is 0 Å². The molecule has 6 aromatic rings. The van der Waals surface area contributed by atoms with E-state index in [9.17, 15) is 0 Å². The maximum absolute atomic E-state index is 4.42. The second-order valence-corrected chi connectivity index (χ2v) is 10.7. The summed E-state index contributed by atoms with van der Waals surface area (Å²) in [6.45, 7) is 3.01. The van der Waals surface area contributed by atoms with Crippen LogP contribution in [0.25, 0.3) is 22.7 Å². The summed E-state index contributed by atoms with van der Waals surface area (Å²) >= 11 is 0. The third-order valence-corrected chi connectivity index (χ3v) is 8.18. The normalized spacial score (nSPS) is 13.8. The molecule has 5 heteroatoms. The molecule has 0 radical (unpaired) electrons. The van der Waals surface area contributed by atoms with Crippen LogP contribution in [-0.4, -0.2) is 23.1 Å². The van der Waals surface area contributed by atoms with E-state index in [4.69, 9.17) is 0 Å². The number of benzene rings is 4. The molecule has 0 atom stereocenters. The van der Waals surface area contributed by atoms with Crippen molar-refractivity contribution in [1.29, 1.82) is 0 Å². The molecule has 5 nitrogen and oxygen atoms in total. The van der Waals surface area contributed by atoms with Gasteiger partial charge < -0.3 is 19.3 Å². The summed E-state index contributed by atoms with van der Waals surface area (Å²) < 4.78 is 2.32. The van der Waals surface area contributed by atoms with Gasteiger partial charge in [-0.25, -0.2) is 0 Å². The first kappa shape index (κ1) is 23.6. The van der Waals surface area contributed by atoms with Crippen LogP contribution >= 0.6 is 0 Å². The first-order valence-electron chi connectivity index (χ1n) is 14.0. The van der Waals surface area contributed by atoms with E-state index in [1.165, 1.54) is 27.8 Å². The van der Waals surface area contributed by atoms with Crippen LogP contribution in [0, 0.1) is 6.92 Å². The number of nitrogens with zero attached hydrogens (tertiary/aromatic N) is 5. The van der Waals surface area contributed by atoms with Gasteiger partial charge in [0.25, 0.3) is 0 Å². The van der Waals surface area contributed by atoms with E-state index in [0.717, 1.165) is 46.4 Å². The third kappa shape index (κ3) is 3.59. The first-order valence-corrected chi connectivity index (χ1v) is 14.0. The number of rotatable bonds is 3. The van der Waals surface area contributed by atoms with Crippen molar-refractivity contribution in [2.24, 2.45) is 0 Å². The molecular formula is C36H29N5. The molecule has 4 aromatic carbocycles. The minimum atomic E-state index is 0.879. The zero-order chi connectivity index (χ0) is 27.5. The Hall–Kier alpha value is -5.29. The summed E-state index contributed by atoms with van der Waals surface area (Å²) in [5.74, 6) is 0. The Bertz CT molecular complexity index is 1910. The van der Waals surface area contributed by atoms with E-state index >= 15 is 0 Å². The predicted molar refractivity (Wildman–Crippen MR) is 171 cm³/mol. The van der Waals surface area contributed by atoms with Crippen molar-refractivity contribution in [3.05, 3.63) is 133 Å². The number of para-hydroxylation sites is 4. The van der Waals surface area contributed by atoms with Crippen molar-refractivity contribution in [3.63, 3.8) is 0 Å². The lowest BCUT2D eigenvalue weighted by atomic mass is 10.0. The maximum Gasteiger partial charge on any atom is 0.0706 e. The average Bonchev–Trinajstić information content (AvgIpc) is 3.35. The molecule has 0 amide bonds. The fraction of sp³-hybridized carbons (Fsp3) is 0.0833. The average molecular weight is 532 g/mol. The minimum Gasteiger partial charge on any atom is -0.369 e. The lowest BCUT2D eigenvalue weighted by Crippen LogP contribution is -2.24. The highest BCUT2D eigenvalue weighted by Gasteiger charge is 2.31. The fourth-order valence-corrected chi connectivity index (χ4v) is 6.35. The van der Waals surface area contributed by atoms with Gasteiger partial charge in [0.1, 0.15) is 0 Å². The topological polar surface area (TPSA) is 27.5 Å². The fourth-order valence-electron chi connectivity index (χ4n) is 6.35. The van der Waals surface area contributed by atoms with Gasteiger partial charge in [-0.15, -0.1) is 0 Å². The summed E-state index contributed by atoms with van der Waals surface area (Å²) in [6.07, 6.45) is 8.23. The summed E-state index contributed by atoms with van der Waals surface area (Å²) in [6, 6.07) is 37.2. The molecule has 0 spiro atoms. The van der Waals surface area contributed by atoms with E-state index in [-0.39, 0.29) is 0 Å². The number of aryl methyl sites for hydroxylation is 1. The lowest BCUT2D eigenvalue weighted by molar-refractivity contribution is 0.996. The van der Waals surface area contributed by atoms with Crippen molar-refractivity contribution in [2.75, 3.05) is 28.3 Å². The Morgan fingerprint density at radius 3 is 1.93 bits per heavy atom. The van der Waals surface area contributed by atoms with Crippen LogP contribution in [-0.2, 0) is 0 Å². The molecule has 0 saturated heterocycles. The smallest absolute Gasteiger partial charge is 0.0706 e. The Balaban J connectivity index is 1.36. The summed E-state index contributed by atoms with van der Waals surface area (Å²) in [7, 11) is 2.17. The minimum absolute atomic E-state index is 0.879. The van der Waals surface area contributed by atoms with Crippen LogP contribution in [0.15, 0.2) is 122 Å². The molecule has 0 bridgehead atoms. The second kappa shape index (κ2) is 9.14. The number of aromatic nitrogens is 2. The van der Waals surface area contributed by atoms with E-state index in [2.05, 4.69) is 147 Å². The van der Waals surface area contributed by atoms with Gasteiger partial charge in [-0.1, -0.05) is 48.0 Å². The van der Waals surface area contributed by atoms with Crippen LogP contribution in [0.2, 0.25) is 0 Å². The number of hydrogen-bond acceptors (Lipinski definition) is 4. The largest absolute Gasteiger partial charge is 0.369 e. The van der Waals surface area contributed by atoms with Crippen molar-refractivity contribution in [1.82, 2.24) is 9.55 Å². The standard InChI is InChI=1S/C36H29N5/c1-25-15-17-26(18-16-25)39-31-10-3-5-12-33(31)40(34-13-6-4-11-32(34)39)27-19-20-30-29(23-27)36-35(14-8-22-38(36)2)41(30)28-9-7-21-37-24-28/h3-21,23-24H,22H2,1-2H3. The van der Waals surface area contributed by atoms with E-state index in [0.29, 0.717) is 0 Å². The van der Waals surface area contributed by atoms with Crippen LogP contribution in [0.1, 0.15) is 11.3 Å². The lowest BCUT2D eigenvalue weighted by Gasteiger charge is -2.40. The van der Waals surface area contributed by atoms with Gasteiger partial charge in [0.2, 0.25) is 0 Å². The predicted octanol–water partition coefficient (Wildman–Crippen LogP) is 9.05. The van der Waals surface area contributed by atoms with E-state index < -0.39 is 0 Å². The summed E-state index contributed by atoms with van der Waals surface area (Å²) in [5, 5.41) is 1.23. The Kier molecular flexibility index (Phi) is 5.25. The van der Waals surface area contributed by atoms with Crippen LogP contribution in [0.4, 0.5) is 39.8 Å². The SMILES string of the molecule is Cc1ccc(N2c3ccccc3N(c3ccc4c(c3)c3c(n4-c4cccnc4)C=CCN3C)c3ccccc32)cc1. The molecule has 0 unspecified atom stereocenters. The number of pyridine rings is 1. The first-order chi connectivity index (χ1) is 20.2. The number of hydrogen-bond donors (Lipinski definition) is 0. The zero-order valence-corrected chi connectivity index (χ0v) is 23.1. The molecule has 2 aliphatic rings. The number of likely N-dealkylation sites (N-methyl/N-ethyl adjacent to an activating group) is 1. The third-order valence-electron chi connectivity index (χ3n) is 8.18. The molecule has 0 fully saturated rings. The van der Waals surface area contributed by atoms with Gasteiger partial charge >= 0.3 is 0 Å². The van der Waals surface area contributed by atoms with Crippen LogP contribution in [0.5, 0.6) is 0 Å². The molecule has 198 valence electrons. The van der Waals surface area contributed by atoms with Gasteiger partial charge in [-0.3, -0.25) is 4.98 Å². The zero-order valence-electron chi connectivity index (χ0n) is 23.1. The molecule has 4 heterocycles. The Morgan fingerprint density at radius 1 is 0.659 bits per heavy atom. The van der Waals surface area contributed by atoms with Crippen molar-refractivity contribution in [3.8, 4) is 5.69 Å². The molecule has 0 aliphatic carbocycles. The summed E-state index contributed by atoms with van der Waals surface area (Å²) in [4.78, 5) is 11.5. The molecule has 0 saturated carbocycles. The van der Waals surface area contributed by atoms with Gasteiger partial charge in [0, 0.05) is 36.6 Å². The number of anilines is 7. The Morgan fingerprint density at radius 2 is 1.29 bits per heavy atom. The quantitative estimate of drug-likeness (QED) is 0.227. The molecule has 2 aromatic heterocycles. The highest BCUT2D eigenvalue weighted by atomic mass is 15.3. The van der Waals surface area contributed by atoms with Crippen LogP contribution < -0.4 is 14.7 Å². The number of fused-ring (bicyclic) bond motifs is 5. The van der Waals surface area contributed by atoms with Gasteiger partial charge in [-0.05, 0) is 79.7 Å². The maximum atomic E-state index is 4.42. The Labute approximate surface area is 239 Å².